The first-order valence-electron chi connectivity index (χ1n) is 6.48. The summed E-state index contributed by atoms with van der Waals surface area (Å²) in [4.78, 5) is 16.0. The van der Waals surface area contributed by atoms with Gasteiger partial charge in [-0.05, 0) is 54.4 Å². The van der Waals surface area contributed by atoms with Crippen LogP contribution in [-0.4, -0.2) is 27.2 Å². The highest BCUT2D eigenvalue weighted by Gasteiger charge is 2.06. The predicted molar refractivity (Wildman–Crippen MR) is 80.6 cm³/mol. The van der Waals surface area contributed by atoms with E-state index in [9.17, 15) is 4.79 Å². The molecule has 0 bridgehead atoms. The van der Waals surface area contributed by atoms with Crippen LogP contribution in [0.15, 0.2) is 28.9 Å². The number of aryl methyl sites for hydroxylation is 3. The number of carbonyl (C=O) groups excluding carboxylic acids is 1. The summed E-state index contributed by atoms with van der Waals surface area (Å²) < 4.78 is 2.62. The molecule has 0 aliphatic carbocycles. The molecule has 1 amide bonds. The van der Waals surface area contributed by atoms with E-state index in [0.717, 1.165) is 24.4 Å². The zero-order valence-electron chi connectivity index (χ0n) is 11.6. The summed E-state index contributed by atoms with van der Waals surface area (Å²) in [7, 11) is 0. The van der Waals surface area contributed by atoms with Crippen LogP contribution in [0.25, 0.3) is 0 Å². The van der Waals surface area contributed by atoms with Crippen LogP contribution in [0.3, 0.4) is 0 Å². The lowest BCUT2D eigenvalue weighted by Crippen LogP contribution is -2.26. The molecular formula is C14H17BrN4O. The van der Waals surface area contributed by atoms with Crippen molar-refractivity contribution in [2.75, 3.05) is 6.54 Å². The van der Waals surface area contributed by atoms with Crippen LogP contribution in [-0.2, 0) is 6.54 Å². The zero-order valence-corrected chi connectivity index (χ0v) is 13.1. The average Bonchev–Trinajstić information content (AvgIpc) is 2.73. The lowest BCUT2D eigenvalue weighted by molar-refractivity contribution is 0.0947. The summed E-state index contributed by atoms with van der Waals surface area (Å²) in [5.74, 6) is -0.153. The molecule has 2 rings (SSSR count). The summed E-state index contributed by atoms with van der Waals surface area (Å²) in [6.45, 7) is 5.41. The number of aromatic nitrogens is 3. The van der Waals surface area contributed by atoms with Gasteiger partial charge in [0.05, 0.1) is 5.69 Å². The van der Waals surface area contributed by atoms with Crippen LogP contribution in [0, 0.1) is 13.8 Å². The molecular weight excluding hydrogens is 320 g/mol. The molecule has 0 aliphatic heterocycles. The van der Waals surface area contributed by atoms with Crippen molar-refractivity contribution in [2.45, 2.75) is 26.8 Å². The first-order chi connectivity index (χ1) is 9.56. The minimum Gasteiger partial charge on any atom is -0.351 e. The van der Waals surface area contributed by atoms with Crippen molar-refractivity contribution in [3.05, 3.63) is 46.0 Å². The van der Waals surface area contributed by atoms with Crippen LogP contribution >= 0.6 is 15.9 Å². The van der Waals surface area contributed by atoms with Gasteiger partial charge in [0.1, 0.15) is 10.3 Å². The summed E-state index contributed by atoms with van der Waals surface area (Å²) in [5, 5.41) is 7.24. The molecule has 2 aromatic heterocycles. The third kappa shape index (κ3) is 3.90. The highest BCUT2D eigenvalue weighted by molar-refractivity contribution is 9.10. The van der Waals surface area contributed by atoms with E-state index in [1.54, 1.807) is 18.2 Å². The summed E-state index contributed by atoms with van der Waals surface area (Å²) in [5.41, 5.74) is 2.58. The van der Waals surface area contributed by atoms with Crippen LogP contribution < -0.4 is 5.32 Å². The van der Waals surface area contributed by atoms with Crippen molar-refractivity contribution in [2.24, 2.45) is 0 Å². The van der Waals surface area contributed by atoms with E-state index in [0.29, 0.717) is 16.8 Å². The fourth-order valence-electron chi connectivity index (χ4n) is 1.96. The Bertz CT molecular complexity index is 609. The summed E-state index contributed by atoms with van der Waals surface area (Å²) in [6, 6.07) is 7.33. The second-order valence-electron chi connectivity index (χ2n) is 4.61. The third-order valence-corrected chi connectivity index (χ3v) is 3.33. The lowest BCUT2D eigenvalue weighted by atomic mass is 10.3. The molecule has 0 radical (unpaired) electrons. The molecule has 1 N–H and O–H groups in total. The quantitative estimate of drug-likeness (QED) is 0.674. The minimum atomic E-state index is -0.153. The molecule has 0 atom stereocenters. The Kier molecular flexibility index (Phi) is 4.89. The molecule has 5 nitrogen and oxygen atoms in total. The first-order valence-corrected chi connectivity index (χ1v) is 7.27. The normalized spacial score (nSPS) is 10.6. The SMILES string of the molecule is Cc1cc(C)n(CCCNC(=O)c2cccc(Br)n2)n1. The predicted octanol–water partition coefficient (Wildman–Crippen LogP) is 2.48. The van der Waals surface area contributed by atoms with Gasteiger partial charge in [0, 0.05) is 18.8 Å². The van der Waals surface area contributed by atoms with Gasteiger partial charge in [0.2, 0.25) is 0 Å². The number of pyridine rings is 1. The molecule has 20 heavy (non-hydrogen) atoms. The number of halogens is 1. The smallest absolute Gasteiger partial charge is 0.269 e. The topological polar surface area (TPSA) is 59.8 Å². The van der Waals surface area contributed by atoms with Crippen LogP contribution in [0.5, 0.6) is 0 Å². The third-order valence-electron chi connectivity index (χ3n) is 2.88. The number of rotatable bonds is 5. The van der Waals surface area contributed by atoms with Crippen molar-refractivity contribution in [3.8, 4) is 0 Å². The van der Waals surface area contributed by atoms with Gasteiger partial charge in [-0.25, -0.2) is 4.98 Å². The van der Waals surface area contributed by atoms with E-state index in [2.05, 4.69) is 31.3 Å². The maximum Gasteiger partial charge on any atom is 0.269 e. The van der Waals surface area contributed by atoms with Crippen molar-refractivity contribution in [1.82, 2.24) is 20.1 Å². The monoisotopic (exact) mass is 336 g/mol. The van der Waals surface area contributed by atoms with Gasteiger partial charge in [-0.3, -0.25) is 9.48 Å². The van der Waals surface area contributed by atoms with Gasteiger partial charge in [0.15, 0.2) is 0 Å². The minimum absolute atomic E-state index is 0.153. The Morgan fingerprint density at radius 1 is 1.40 bits per heavy atom. The number of nitrogens with zero attached hydrogens (tertiary/aromatic N) is 3. The van der Waals surface area contributed by atoms with Gasteiger partial charge >= 0.3 is 0 Å². The maximum absolute atomic E-state index is 11.9. The number of nitrogens with one attached hydrogen (secondary N) is 1. The molecule has 0 unspecified atom stereocenters. The summed E-state index contributed by atoms with van der Waals surface area (Å²) in [6.07, 6.45) is 0.835. The van der Waals surface area contributed by atoms with Gasteiger partial charge < -0.3 is 5.32 Å². The van der Waals surface area contributed by atoms with E-state index >= 15 is 0 Å². The molecule has 0 saturated heterocycles. The average molecular weight is 337 g/mol. The molecule has 2 heterocycles. The maximum atomic E-state index is 11.9. The lowest BCUT2D eigenvalue weighted by Gasteiger charge is -2.06. The highest BCUT2D eigenvalue weighted by atomic mass is 79.9. The molecule has 0 spiro atoms. The number of hydrogen-bond donors (Lipinski definition) is 1. The number of carbonyl (C=O) groups is 1. The Balaban J connectivity index is 1.79. The Labute approximate surface area is 126 Å². The van der Waals surface area contributed by atoms with Crippen LogP contribution in [0.4, 0.5) is 0 Å². The fraction of sp³-hybridized carbons (Fsp3) is 0.357. The number of hydrogen-bond acceptors (Lipinski definition) is 3. The molecule has 0 saturated carbocycles. The number of amides is 1. The van der Waals surface area contributed by atoms with E-state index in [1.807, 2.05) is 24.6 Å². The van der Waals surface area contributed by atoms with Crippen LogP contribution in [0.2, 0.25) is 0 Å². The second-order valence-corrected chi connectivity index (χ2v) is 5.42. The fourth-order valence-corrected chi connectivity index (χ4v) is 2.30. The van der Waals surface area contributed by atoms with Gasteiger partial charge in [-0.1, -0.05) is 6.07 Å². The van der Waals surface area contributed by atoms with Gasteiger partial charge in [0.25, 0.3) is 5.91 Å². The van der Waals surface area contributed by atoms with E-state index < -0.39 is 0 Å². The highest BCUT2D eigenvalue weighted by Crippen LogP contribution is 2.06. The first kappa shape index (κ1) is 14.7. The Morgan fingerprint density at radius 3 is 2.85 bits per heavy atom. The van der Waals surface area contributed by atoms with Crippen molar-refractivity contribution in [1.29, 1.82) is 0 Å². The zero-order chi connectivity index (χ0) is 14.5. The van der Waals surface area contributed by atoms with Crippen molar-refractivity contribution in [3.63, 3.8) is 0 Å². The molecule has 0 aromatic carbocycles. The van der Waals surface area contributed by atoms with E-state index in [4.69, 9.17) is 0 Å². The van der Waals surface area contributed by atoms with Crippen molar-refractivity contribution >= 4 is 21.8 Å². The Hall–Kier alpha value is -1.69. The molecule has 0 aliphatic rings. The largest absolute Gasteiger partial charge is 0.351 e. The molecule has 0 fully saturated rings. The molecule has 6 heteroatoms. The Morgan fingerprint density at radius 2 is 2.20 bits per heavy atom. The van der Waals surface area contributed by atoms with E-state index in [-0.39, 0.29) is 5.91 Å². The van der Waals surface area contributed by atoms with E-state index in [1.165, 1.54) is 0 Å². The summed E-state index contributed by atoms with van der Waals surface area (Å²) >= 11 is 3.25. The molecule has 106 valence electrons. The van der Waals surface area contributed by atoms with Gasteiger partial charge in [-0.15, -0.1) is 0 Å². The van der Waals surface area contributed by atoms with Gasteiger partial charge in [-0.2, -0.15) is 5.10 Å². The second kappa shape index (κ2) is 6.65. The van der Waals surface area contributed by atoms with Crippen LogP contribution in [0.1, 0.15) is 28.3 Å². The van der Waals surface area contributed by atoms with Crippen molar-refractivity contribution < 1.29 is 4.79 Å². The standard InChI is InChI=1S/C14H17BrN4O/c1-10-9-11(2)19(18-10)8-4-7-16-14(20)12-5-3-6-13(15)17-12/h3,5-6,9H,4,7-8H2,1-2H3,(H,16,20). The molecule has 2 aromatic rings.